The van der Waals surface area contributed by atoms with Gasteiger partial charge in [-0.15, -0.1) is 0 Å². The number of carbonyl (C=O) groups excluding carboxylic acids is 1. The number of ether oxygens (including phenoxy) is 13. The fourth-order valence-corrected chi connectivity index (χ4v) is 3.26. The molecule has 0 amide bonds. The molecule has 0 aliphatic rings. The highest BCUT2D eigenvalue weighted by Crippen LogP contribution is 1.98. The van der Waals surface area contributed by atoms with Crippen molar-refractivity contribution >= 4 is 5.97 Å². The second-order valence-corrected chi connectivity index (χ2v) is 9.43. The summed E-state index contributed by atoms with van der Waals surface area (Å²) in [7, 11) is 1.32. The van der Waals surface area contributed by atoms with Gasteiger partial charge in [0.25, 0.3) is 0 Å². The van der Waals surface area contributed by atoms with Crippen LogP contribution in [0.1, 0.15) is 32.6 Å². The smallest absolute Gasteiger partial charge is 0.331 e. The van der Waals surface area contributed by atoms with Crippen LogP contribution in [0, 0.1) is 0 Å². The van der Waals surface area contributed by atoms with Crippen LogP contribution in [0.25, 0.3) is 0 Å². The molecule has 0 saturated carbocycles. The summed E-state index contributed by atoms with van der Waals surface area (Å²) in [4.78, 5) is 10.9. The molecule has 270 valence electrons. The van der Waals surface area contributed by atoms with Crippen molar-refractivity contribution in [1.82, 2.24) is 0 Å². The van der Waals surface area contributed by atoms with Crippen molar-refractivity contribution < 1.29 is 66.4 Å². The minimum absolute atomic E-state index is 0.0692. The predicted molar refractivity (Wildman–Crippen MR) is 166 cm³/mol. The maximum Gasteiger partial charge on any atom is 0.331 e. The molecule has 0 aromatic heterocycles. The summed E-state index contributed by atoms with van der Waals surface area (Å²) in [6, 6.07) is 0. The molecule has 0 saturated heterocycles. The van der Waals surface area contributed by atoms with E-state index in [4.69, 9.17) is 56.8 Å². The summed E-state index contributed by atoms with van der Waals surface area (Å²) in [5, 5.41) is 0. The Hall–Kier alpha value is -1.01. The van der Waals surface area contributed by atoms with Gasteiger partial charge in [-0.3, -0.25) is 0 Å². The molecule has 0 unspecified atom stereocenters. The van der Waals surface area contributed by atoms with Gasteiger partial charge < -0.3 is 61.6 Å². The van der Waals surface area contributed by atoms with Gasteiger partial charge in [-0.2, -0.15) is 0 Å². The minimum atomic E-state index is -0.407. The minimum Gasteiger partial charge on any atom is -0.467 e. The second kappa shape index (κ2) is 41.0. The number of hydrogen-bond acceptors (Lipinski definition) is 14. The van der Waals surface area contributed by atoms with Crippen molar-refractivity contribution in [2.75, 3.05) is 166 Å². The van der Waals surface area contributed by atoms with Gasteiger partial charge in [0.1, 0.15) is 6.61 Å². The Balaban J connectivity index is 3.05. The van der Waals surface area contributed by atoms with Gasteiger partial charge in [-0.25, -0.2) is 4.79 Å². The number of esters is 1. The number of unbranched alkanes of at least 4 members (excludes halogenated alkanes) is 3. The van der Waals surface area contributed by atoms with Crippen molar-refractivity contribution in [2.45, 2.75) is 32.6 Å². The maximum absolute atomic E-state index is 10.9. The molecule has 0 atom stereocenters. The second-order valence-electron chi connectivity index (χ2n) is 9.43. The quantitative estimate of drug-likeness (QED) is 0.0700. The Kier molecular flexibility index (Phi) is 40.1. The number of methoxy groups -OCH3 is 1. The molecule has 0 aliphatic carbocycles. The van der Waals surface area contributed by atoms with Crippen LogP contribution in [-0.4, -0.2) is 172 Å². The van der Waals surface area contributed by atoms with E-state index in [1.165, 1.54) is 26.4 Å². The van der Waals surface area contributed by atoms with Gasteiger partial charge in [0.15, 0.2) is 0 Å². The van der Waals surface area contributed by atoms with Crippen molar-refractivity contribution in [1.29, 1.82) is 0 Å². The Morgan fingerprint density at radius 2 is 0.578 bits per heavy atom. The van der Waals surface area contributed by atoms with Crippen LogP contribution in [0.15, 0.2) is 0 Å². The Morgan fingerprint density at radius 3 is 0.822 bits per heavy atom. The first-order valence-corrected chi connectivity index (χ1v) is 16.3. The Bertz CT molecular complexity index is 558. The molecule has 45 heavy (non-hydrogen) atoms. The summed E-state index contributed by atoms with van der Waals surface area (Å²) in [5.74, 6) is -0.407. The van der Waals surface area contributed by atoms with Crippen LogP contribution < -0.4 is 0 Å². The van der Waals surface area contributed by atoms with E-state index in [0.29, 0.717) is 145 Å². The van der Waals surface area contributed by atoms with Crippen LogP contribution >= 0.6 is 0 Å². The highest BCUT2D eigenvalue weighted by molar-refractivity contribution is 5.70. The normalized spacial score (nSPS) is 11.4. The van der Waals surface area contributed by atoms with E-state index in [9.17, 15) is 4.79 Å². The molecule has 14 nitrogen and oxygen atoms in total. The summed E-state index contributed by atoms with van der Waals surface area (Å²) >= 11 is 0. The topological polar surface area (TPSA) is 137 Å². The molecule has 0 aromatic rings. The van der Waals surface area contributed by atoms with Crippen LogP contribution in [0.4, 0.5) is 0 Å². The lowest BCUT2D eigenvalue weighted by Gasteiger charge is -2.09. The van der Waals surface area contributed by atoms with Crippen molar-refractivity contribution in [3.05, 3.63) is 0 Å². The lowest BCUT2D eigenvalue weighted by Crippen LogP contribution is -2.16. The molecular formula is C31H62O14. The number of carbonyl (C=O) groups is 1. The van der Waals surface area contributed by atoms with Crippen molar-refractivity contribution in [3.63, 3.8) is 0 Å². The molecule has 14 heteroatoms. The van der Waals surface area contributed by atoms with E-state index >= 15 is 0 Å². The van der Waals surface area contributed by atoms with E-state index < -0.39 is 5.97 Å². The summed E-state index contributed by atoms with van der Waals surface area (Å²) in [5.41, 5.74) is 0. The highest BCUT2D eigenvalue weighted by atomic mass is 16.6. The largest absolute Gasteiger partial charge is 0.467 e. The molecule has 0 spiro atoms. The fourth-order valence-electron chi connectivity index (χ4n) is 3.26. The summed E-state index contributed by atoms with van der Waals surface area (Å²) in [6.45, 7) is 14.0. The van der Waals surface area contributed by atoms with Gasteiger partial charge in [0.05, 0.1) is 152 Å². The zero-order valence-corrected chi connectivity index (χ0v) is 28.0. The predicted octanol–water partition coefficient (Wildman–Crippen LogP) is 1.94. The van der Waals surface area contributed by atoms with Crippen molar-refractivity contribution in [3.8, 4) is 0 Å². The van der Waals surface area contributed by atoms with Gasteiger partial charge in [0.2, 0.25) is 0 Å². The first-order chi connectivity index (χ1) is 22.3. The molecule has 0 fully saturated rings. The lowest BCUT2D eigenvalue weighted by molar-refractivity contribution is -0.146. The number of hydrogen-bond donors (Lipinski definition) is 0. The van der Waals surface area contributed by atoms with Gasteiger partial charge in [-0.05, 0) is 6.42 Å². The van der Waals surface area contributed by atoms with Gasteiger partial charge in [0, 0.05) is 6.61 Å². The third-order valence-electron chi connectivity index (χ3n) is 5.68. The molecule has 0 aromatic carbocycles. The zero-order valence-electron chi connectivity index (χ0n) is 28.0. The van der Waals surface area contributed by atoms with Crippen LogP contribution in [-0.2, 0) is 66.4 Å². The molecule has 0 heterocycles. The molecule has 0 aliphatic heterocycles. The average molecular weight is 659 g/mol. The third kappa shape index (κ3) is 41.0. The van der Waals surface area contributed by atoms with Crippen LogP contribution in [0.5, 0.6) is 0 Å². The molecule has 0 bridgehead atoms. The molecule has 0 N–H and O–H groups in total. The highest BCUT2D eigenvalue weighted by Gasteiger charge is 1.99. The standard InChI is InChI=1S/C31H62O14/c1-3-4-5-6-7-34-8-9-35-10-11-36-12-13-37-14-15-38-16-17-39-18-19-40-20-21-41-22-23-42-24-25-43-26-27-44-28-29-45-30-31(32)33-2/h3-30H2,1-2H3. The molecule has 0 rings (SSSR count). The zero-order chi connectivity index (χ0) is 32.6. The van der Waals surface area contributed by atoms with E-state index in [2.05, 4.69) is 11.7 Å². The van der Waals surface area contributed by atoms with Crippen molar-refractivity contribution in [2.24, 2.45) is 0 Å². The molecular weight excluding hydrogens is 596 g/mol. The summed E-state index contributed by atoms with van der Waals surface area (Å²) < 4.78 is 69.5. The van der Waals surface area contributed by atoms with E-state index in [1.54, 1.807) is 0 Å². The van der Waals surface area contributed by atoms with Crippen LogP contribution in [0.3, 0.4) is 0 Å². The maximum atomic E-state index is 10.9. The Labute approximate surface area is 270 Å². The average Bonchev–Trinajstić information content (AvgIpc) is 3.05. The van der Waals surface area contributed by atoms with E-state index in [1.807, 2.05) is 0 Å². The Morgan fingerprint density at radius 1 is 0.333 bits per heavy atom. The summed E-state index contributed by atoms with van der Waals surface area (Å²) in [6.07, 6.45) is 4.88. The van der Waals surface area contributed by atoms with Gasteiger partial charge in [-0.1, -0.05) is 26.2 Å². The SMILES string of the molecule is CCCCCCOCCOCCOCCOCCOCCOCCOCCOCCOCCOCCOCCOCC(=O)OC. The lowest BCUT2D eigenvalue weighted by atomic mass is 10.2. The number of rotatable bonds is 40. The van der Waals surface area contributed by atoms with Crippen LogP contribution in [0.2, 0.25) is 0 Å². The monoisotopic (exact) mass is 658 g/mol. The van der Waals surface area contributed by atoms with E-state index in [0.717, 1.165) is 13.0 Å². The first-order valence-electron chi connectivity index (χ1n) is 16.3. The fraction of sp³-hybridized carbons (Fsp3) is 0.968. The first kappa shape index (κ1) is 44.0. The van der Waals surface area contributed by atoms with E-state index in [-0.39, 0.29) is 6.61 Å². The van der Waals surface area contributed by atoms with Gasteiger partial charge >= 0.3 is 5.97 Å². The molecule has 0 radical (unpaired) electrons. The third-order valence-corrected chi connectivity index (χ3v) is 5.68.